The smallest absolute Gasteiger partial charge is 0.182 e. The third-order valence-electron chi connectivity index (χ3n) is 2.47. The van der Waals surface area contributed by atoms with Crippen molar-refractivity contribution in [1.29, 1.82) is 0 Å². The van der Waals surface area contributed by atoms with E-state index in [4.69, 9.17) is 5.73 Å². The number of aryl methyl sites for hydroxylation is 1. The van der Waals surface area contributed by atoms with Gasteiger partial charge in [-0.3, -0.25) is 0 Å². The standard InChI is InChI=1S/C12H18F2N2/c1-8(15)4-5-9-6-7-10(13)11(14)12(9)16(2)3/h6-8H,4-5,15H2,1-3H3/t8-/m0/s1. The molecule has 0 heterocycles. The van der Waals surface area contributed by atoms with Crippen molar-refractivity contribution in [3.05, 3.63) is 29.3 Å². The number of rotatable bonds is 4. The second-order valence-corrected chi connectivity index (χ2v) is 4.28. The zero-order valence-electron chi connectivity index (χ0n) is 9.93. The van der Waals surface area contributed by atoms with Gasteiger partial charge in [0, 0.05) is 20.1 Å². The van der Waals surface area contributed by atoms with Gasteiger partial charge in [-0.15, -0.1) is 0 Å². The van der Waals surface area contributed by atoms with Gasteiger partial charge in [0.15, 0.2) is 11.6 Å². The molecule has 0 bridgehead atoms. The van der Waals surface area contributed by atoms with Crippen molar-refractivity contribution in [2.24, 2.45) is 5.73 Å². The van der Waals surface area contributed by atoms with Crippen LogP contribution in [0.15, 0.2) is 12.1 Å². The highest BCUT2D eigenvalue weighted by molar-refractivity contribution is 5.54. The van der Waals surface area contributed by atoms with E-state index in [0.29, 0.717) is 12.1 Å². The van der Waals surface area contributed by atoms with E-state index in [2.05, 4.69) is 0 Å². The van der Waals surface area contributed by atoms with Crippen LogP contribution < -0.4 is 10.6 Å². The summed E-state index contributed by atoms with van der Waals surface area (Å²) >= 11 is 0. The molecule has 0 amide bonds. The first-order valence-corrected chi connectivity index (χ1v) is 5.33. The van der Waals surface area contributed by atoms with Gasteiger partial charge < -0.3 is 10.6 Å². The van der Waals surface area contributed by atoms with Gasteiger partial charge in [0.2, 0.25) is 0 Å². The monoisotopic (exact) mass is 228 g/mol. The van der Waals surface area contributed by atoms with E-state index in [-0.39, 0.29) is 6.04 Å². The maximum absolute atomic E-state index is 13.6. The fourth-order valence-corrected chi connectivity index (χ4v) is 1.65. The molecule has 2 nitrogen and oxygen atoms in total. The summed E-state index contributed by atoms with van der Waals surface area (Å²) in [5.41, 5.74) is 6.77. The van der Waals surface area contributed by atoms with Crippen LogP contribution in [-0.2, 0) is 6.42 Å². The SMILES string of the molecule is C[C@H](N)CCc1ccc(F)c(F)c1N(C)C. The highest BCUT2D eigenvalue weighted by Crippen LogP contribution is 2.26. The lowest BCUT2D eigenvalue weighted by molar-refractivity contribution is 0.506. The minimum atomic E-state index is -0.812. The van der Waals surface area contributed by atoms with Crippen LogP contribution in [0.25, 0.3) is 0 Å². The summed E-state index contributed by atoms with van der Waals surface area (Å²) in [6.45, 7) is 1.90. The molecule has 90 valence electrons. The molecule has 0 saturated carbocycles. The van der Waals surface area contributed by atoms with Gasteiger partial charge in [-0.05, 0) is 31.4 Å². The Morgan fingerprint density at radius 2 is 1.94 bits per heavy atom. The van der Waals surface area contributed by atoms with Crippen LogP contribution in [0.5, 0.6) is 0 Å². The zero-order valence-corrected chi connectivity index (χ0v) is 9.93. The van der Waals surface area contributed by atoms with Crippen LogP contribution >= 0.6 is 0 Å². The summed E-state index contributed by atoms with van der Waals surface area (Å²) in [5, 5.41) is 0. The van der Waals surface area contributed by atoms with Crippen LogP contribution in [0.4, 0.5) is 14.5 Å². The lowest BCUT2D eigenvalue weighted by Crippen LogP contribution is -2.18. The highest BCUT2D eigenvalue weighted by Gasteiger charge is 2.15. The second-order valence-electron chi connectivity index (χ2n) is 4.28. The van der Waals surface area contributed by atoms with Crippen molar-refractivity contribution < 1.29 is 8.78 Å². The van der Waals surface area contributed by atoms with Crippen LogP contribution in [0.1, 0.15) is 18.9 Å². The molecular formula is C12H18F2N2. The predicted molar refractivity (Wildman–Crippen MR) is 62.7 cm³/mol. The Hall–Kier alpha value is -1.16. The minimum Gasteiger partial charge on any atom is -0.375 e. The fourth-order valence-electron chi connectivity index (χ4n) is 1.65. The predicted octanol–water partition coefficient (Wildman–Crippen LogP) is 2.31. The van der Waals surface area contributed by atoms with Crippen molar-refractivity contribution in [3.63, 3.8) is 0 Å². The van der Waals surface area contributed by atoms with Gasteiger partial charge in [-0.2, -0.15) is 0 Å². The Kier molecular flexibility index (Phi) is 4.24. The van der Waals surface area contributed by atoms with Crippen molar-refractivity contribution >= 4 is 5.69 Å². The molecule has 0 saturated heterocycles. The van der Waals surface area contributed by atoms with Crippen molar-refractivity contribution in [2.45, 2.75) is 25.8 Å². The van der Waals surface area contributed by atoms with Gasteiger partial charge in [0.25, 0.3) is 0 Å². The first kappa shape index (κ1) is 12.9. The summed E-state index contributed by atoms with van der Waals surface area (Å²) in [6.07, 6.45) is 1.41. The fraction of sp³-hybridized carbons (Fsp3) is 0.500. The quantitative estimate of drug-likeness (QED) is 0.856. The first-order valence-electron chi connectivity index (χ1n) is 5.33. The van der Waals surface area contributed by atoms with E-state index in [1.807, 2.05) is 6.92 Å². The number of anilines is 1. The Bertz CT molecular complexity index is 362. The molecule has 16 heavy (non-hydrogen) atoms. The molecule has 2 N–H and O–H groups in total. The van der Waals surface area contributed by atoms with Gasteiger partial charge in [0.05, 0.1) is 5.69 Å². The van der Waals surface area contributed by atoms with E-state index in [9.17, 15) is 8.78 Å². The summed E-state index contributed by atoms with van der Waals surface area (Å²) < 4.78 is 26.7. The number of nitrogens with two attached hydrogens (primary N) is 1. The number of benzene rings is 1. The van der Waals surface area contributed by atoms with E-state index < -0.39 is 11.6 Å². The minimum absolute atomic E-state index is 0.0585. The molecule has 0 aliphatic heterocycles. The molecule has 1 aromatic rings. The van der Waals surface area contributed by atoms with E-state index in [0.717, 1.165) is 12.0 Å². The Labute approximate surface area is 95.1 Å². The number of hydrogen-bond donors (Lipinski definition) is 1. The molecule has 1 rings (SSSR count). The largest absolute Gasteiger partial charge is 0.375 e. The summed E-state index contributed by atoms with van der Waals surface area (Å²) in [7, 11) is 3.40. The van der Waals surface area contributed by atoms with Gasteiger partial charge in [0.1, 0.15) is 0 Å². The number of hydrogen-bond acceptors (Lipinski definition) is 2. The van der Waals surface area contributed by atoms with E-state index in [1.165, 1.54) is 6.07 Å². The lowest BCUT2D eigenvalue weighted by Gasteiger charge is -2.19. The maximum atomic E-state index is 13.6. The molecule has 0 radical (unpaired) electrons. The lowest BCUT2D eigenvalue weighted by atomic mass is 10.0. The molecule has 4 heteroatoms. The van der Waals surface area contributed by atoms with Gasteiger partial charge in [-0.25, -0.2) is 8.78 Å². The maximum Gasteiger partial charge on any atom is 0.182 e. The molecule has 0 fully saturated rings. The molecule has 1 atom stereocenters. The second kappa shape index (κ2) is 5.25. The van der Waals surface area contributed by atoms with E-state index in [1.54, 1.807) is 25.1 Å². The van der Waals surface area contributed by atoms with Gasteiger partial charge >= 0.3 is 0 Å². The first-order chi connectivity index (χ1) is 7.43. The van der Waals surface area contributed by atoms with Crippen molar-refractivity contribution in [1.82, 2.24) is 0 Å². The zero-order chi connectivity index (χ0) is 12.3. The third-order valence-corrected chi connectivity index (χ3v) is 2.47. The number of halogens is 2. The van der Waals surface area contributed by atoms with Crippen LogP contribution in [-0.4, -0.2) is 20.1 Å². The molecule has 0 spiro atoms. The topological polar surface area (TPSA) is 29.3 Å². The molecule has 0 unspecified atom stereocenters. The molecule has 0 aliphatic rings. The normalized spacial score (nSPS) is 12.6. The highest BCUT2D eigenvalue weighted by atomic mass is 19.2. The summed E-state index contributed by atoms with van der Waals surface area (Å²) in [6, 6.07) is 2.85. The molecule has 1 aromatic carbocycles. The molecule has 0 aromatic heterocycles. The Morgan fingerprint density at radius 3 is 2.44 bits per heavy atom. The van der Waals surface area contributed by atoms with Gasteiger partial charge in [-0.1, -0.05) is 6.07 Å². The molecule has 0 aliphatic carbocycles. The van der Waals surface area contributed by atoms with Crippen molar-refractivity contribution in [2.75, 3.05) is 19.0 Å². The average Bonchev–Trinajstić information content (AvgIpc) is 2.19. The average molecular weight is 228 g/mol. The van der Waals surface area contributed by atoms with Crippen LogP contribution in [0, 0.1) is 11.6 Å². The summed E-state index contributed by atoms with van der Waals surface area (Å²) in [5.74, 6) is -1.60. The Morgan fingerprint density at radius 1 is 1.31 bits per heavy atom. The van der Waals surface area contributed by atoms with Crippen LogP contribution in [0.2, 0.25) is 0 Å². The third kappa shape index (κ3) is 2.92. The van der Waals surface area contributed by atoms with E-state index >= 15 is 0 Å². The molecular weight excluding hydrogens is 210 g/mol. The summed E-state index contributed by atoms with van der Waals surface area (Å²) in [4.78, 5) is 1.59. The van der Waals surface area contributed by atoms with Crippen LogP contribution in [0.3, 0.4) is 0 Å². The van der Waals surface area contributed by atoms with Crippen molar-refractivity contribution in [3.8, 4) is 0 Å². The Balaban J connectivity index is 3.03. The number of nitrogens with zero attached hydrogens (tertiary/aromatic N) is 1.